The number of rotatable bonds is 7. The second-order valence-electron chi connectivity index (χ2n) is 7.70. The molecule has 1 aromatic heterocycles. The molecule has 0 bridgehead atoms. The number of nitrogens with one attached hydrogen (secondary N) is 1. The number of halogens is 4. The third-order valence-electron chi connectivity index (χ3n) is 4.83. The number of aliphatic imine (C=N–C) groups is 1. The molecule has 0 radical (unpaired) electrons. The number of carbonyl (C=O) groups is 1. The fourth-order valence-corrected chi connectivity index (χ4v) is 3.52. The summed E-state index contributed by atoms with van der Waals surface area (Å²) >= 11 is 6.07. The molecule has 2 aromatic rings. The molecule has 3 rings (SSSR count). The van der Waals surface area contributed by atoms with Crippen LogP contribution in [0.4, 0.5) is 13.2 Å². The lowest BCUT2D eigenvalue weighted by Gasteiger charge is -2.22. The van der Waals surface area contributed by atoms with E-state index in [4.69, 9.17) is 11.8 Å². The molecule has 10 heteroatoms. The molecule has 1 amide bonds. The van der Waals surface area contributed by atoms with Gasteiger partial charge in [0, 0.05) is 42.9 Å². The van der Waals surface area contributed by atoms with Crippen LogP contribution in [0.15, 0.2) is 53.9 Å². The monoisotopic (exact) mass is 453 g/mol. The highest BCUT2D eigenvalue weighted by Crippen LogP contribution is 2.31. The first-order valence-corrected chi connectivity index (χ1v) is 10.1. The number of allylic oxidation sites excluding steroid dienone is 1. The number of alkyl halides is 3. The van der Waals surface area contributed by atoms with E-state index in [1.165, 1.54) is 27.4 Å². The van der Waals surface area contributed by atoms with Gasteiger partial charge in [0.25, 0.3) is 5.91 Å². The normalized spacial score (nSPS) is 17.3. The van der Waals surface area contributed by atoms with Crippen molar-refractivity contribution in [3.8, 4) is 0 Å². The number of benzene rings is 1. The number of aromatic nitrogens is 2. The van der Waals surface area contributed by atoms with Crippen molar-refractivity contribution in [3.63, 3.8) is 0 Å². The van der Waals surface area contributed by atoms with Crippen LogP contribution in [0.3, 0.4) is 0 Å². The SMILES string of the molecule is CC(C)CC(CNC(=O)c1cnn(C2N=CC=CN2Cl)c1)c1ccc(C(F)(F)F)cc1. The quantitative estimate of drug-likeness (QED) is 0.602. The van der Waals surface area contributed by atoms with Crippen molar-refractivity contribution in [1.29, 1.82) is 0 Å². The zero-order valence-corrected chi connectivity index (χ0v) is 17.8. The molecule has 0 saturated heterocycles. The van der Waals surface area contributed by atoms with Crippen LogP contribution in [0, 0.1) is 5.92 Å². The maximum Gasteiger partial charge on any atom is 0.416 e. The molecule has 1 aliphatic heterocycles. The lowest BCUT2D eigenvalue weighted by Crippen LogP contribution is -2.29. The van der Waals surface area contributed by atoms with Crippen LogP contribution in [0.2, 0.25) is 0 Å². The van der Waals surface area contributed by atoms with Crippen LogP contribution < -0.4 is 5.32 Å². The van der Waals surface area contributed by atoms with Gasteiger partial charge in [-0.1, -0.05) is 26.0 Å². The van der Waals surface area contributed by atoms with E-state index in [1.807, 2.05) is 13.8 Å². The maximum absolute atomic E-state index is 12.8. The fraction of sp³-hybridized carbons (Fsp3) is 0.381. The summed E-state index contributed by atoms with van der Waals surface area (Å²) in [6.07, 6.45) is 3.61. The van der Waals surface area contributed by atoms with Gasteiger partial charge in [0.2, 0.25) is 6.29 Å². The van der Waals surface area contributed by atoms with E-state index >= 15 is 0 Å². The minimum Gasteiger partial charge on any atom is -0.351 e. The minimum absolute atomic E-state index is 0.118. The molecule has 166 valence electrons. The Morgan fingerprint density at radius 3 is 2.58 bits per heavy atom. The Labute approximate surface area is 183 Å². The van der Waals surface area contributed by atoms with E-state index in [1.54, 1.807) is 24.7 Å². The van der Waals surface area contributed by atoms with Crippen LogP contribution in [-0.4, -0.2) is 32.9 Å². The van der Waals surface area contributed by atoms with E-state index in [2.05, 4.69) is 15.4 Å². The van der Waals surface area contributed by atoms with Crippen LogP contribution in [0.5, 0.6) is 0 Å². The predicted octanol–water partition coefficient (Wildman–Crippen LogP) is 4.97. The van der Waals surface area contributed by atoms with Crippen LogP contribution >= 0.6 is 11.8 Å². The summed E-state index contributed by atoms with van der Waals surface area (Å²) in [5.74, 6) is -0.144. The lowest BCUT2D eigenvalue weighted by atomic mass is 9.89. The first-order valence-electron chi connectivity index (χ1n) is 9.78. The van der Waals surface area contributed by atoms with Gasteiger partial charge in [0.1, 0.15) is 0 Å². The lowest BCUT2D eigenvalue weighted by molar-refractivity contribution is -0.137. The molecule has 2 heterocycles. The second-order valence-corrected chi connectivity index (χ2v) is 8.09. The summed E-state index contributed by atoms with van der Waals surface area (Å²) in [5.41, 5.74) is 0.397. The molecular weight excluding hydrogens is 431 g/mol. The molecule has 1 aromatic carbocycles. The van der Waals surface area contributed by atoms with E-state index in [9.17, 15) is 18.0 Å². The summed E-state index contributed by atoms with van der Waals surface area (Å²) in [6.45, 7) is 4.35. The fourth-order valence-electron chi connectivity index (χ4n) is 3.32. The maximum atomic E-state index is 12.8. The van der Waals surface area contributed by atoms with Crippen LogP contribution in [0.25, 0.3) is 0 Å². The molecule has 31 heavy (non-hydrogen) atoms. The summed E-state index contributed by atoms with van der Waals surface area (Å²) in [5, 5.41) is 7.01. The first kappa shape index (κ1) is 22.9. The average molecular weight is 454 g/mol. The van der Waals surface area contributed by atoms with Crippen molar-refractivity contribution in [2.45, 2.75) is 38.7 Å². The van der Waals surface area contributed by atoms with Gasteiger partial charge in [0.05, 0.1) is 17.3 Å². The predicted molar refractivity (Wildman–Crippen MR) is 113 cm³/mol. The van der Waals surface area contributed by atoms with Gasteiger partial charge in [-0.05, 0) is 36.1 Å². The Hall–Kier alpha value is -2.81. The van der Waals surface area contributed by atoms with Gasteiger partial charge >= 0.3 is 6.18 Å². The van der Waals surface area contributed by atoms with Gasteiger partial charge in [-0.3, -0.25) is 4.79 Å². The molecule has 0 aliphatic carbocycles. The van der Waals surface area contributed by atoms with Crippen molar-refractivity contribution in [3.05, 3.63) is 65.6 Å². The van der Waals surface area contributed by atoms with Crippen molar-refractivity contribution < 1.29 is 18.0 Å². The van der Waals surface area contributed by atoms with Crippen molar-refractivity contribution in [2.24, 2.45) is 10.9 Å². The summed E-state index contributed by atoms with van der Waals surface area (Å²) < 4.78 is 41.3. The summed E-state index contributed by atoms with van der Waals surface area (Å²) in [4.78, 5) is 16.8. The van der Waals surface area contributed by atoms with Crippen LogP contribution in [-0.2, 0) is 6.18 Å². The standard InChI is InChI=1S/C21H23ClF3N5O/c1-14(2)10-16(15-4-6-18(7-5-15)21(23,24)25)11-27-19(31)17-12-28-30(13-17)20-26-8-3-9-29(20)22/h3-9,12-14,16,20H,10-11H2,1-2H3,(H,27,31). The highest BCUT2D eigenvalue weighted by Gasteiger charge is 2.30. The van der Waals surface area contributed by atoms with Crippen molar-refractivity contribution in [1.82, 2.24) is 19.5 Å². The van der Waals surface area contributed by atoms with E-state index in [0.29, 0.717) is 18.0 Å². The molecule has 0 spiro atoms. The Kier molecular flexibility index (Phi) is 7.04. The molecule has 1 aliphatic rings. The zero-order valence-electron chi connectivity index (χ0n) is 17.1. The van der Waals surface area contributed by atoms with E-state index in [-0.39, 0.29) is 11.8 Å². The summed E-state index contributed by atoms with van der Waals surface area (Å²) in [7, 11) is 0. The molecule has 2 unspecified atom stereocenters. The molecule has 6 nitrogen and oxygen atoms in total. The van der Waals surface area contributed by atoms with Crippen molar-refractivity contribution >= 4 is 23.9 Å². The smallest absolute Gasteiger partial charge is 0.351 e. The van der Waals surface area contributed by atoms with Gasteiger partial charge in [-0.25, -0.2) is 14.1 Å². The Balaban J connectivity index is 1.67. The average Bonchev–Trinajstić information content (AvgIpc) is 3.20. The number of hydrogen-bond donors (Lipinski definition) is 1. The highest BCUT2D eigenvalue weighted by atomic mass is 35.5. The first-order chi connectivity index (χ1) is 14.6. The van der Waals surface area contributed by atoms with Gasteiger partial charge in [0.15, 0.2) is 0 Å². The number of amides is 1. The molecule has 1 N–H and O–H groups in total. The number of hydrogen-bond acceptors (Lipinski definition) is 4. The highest BCUT2D eigenvalue weighted by molar-refractivity contribution is 6.14. The largest absolute Gasteiger partial charge is 0.416 e. The van der Waals surface area contributed by atoms with Gasteiger partial charge in [-0.15, -0.1) is 0 Å². The third kappa shape index (κ3) is 5.88. The molecule has 0 fully saturated rings. The Bertz CT molecular complexity index is 953. The van der Waals surface area contributed by atoms with E-state index < -0.39 is 18.0 Å². The number of carbonyl (C=O) groups excluding carboxylic acids is 1. The number of nitrogens with zero attached hydrogens (tertiary/aromatic N) is 4. The third-order valence-corrected chi connectivity index (χ3v) is 5.12. The topological polar surface area (TPSA) is 62.5 Å². The van der Waals surface area contributed by atoms with Crippen molar-refractivity contribution in [2.75, 3.05) is 6.54 Å². The second kappa shape index (κ2) is 9.55. The zero-order chi connectivity index (χ0) is 22.6. The van der Waals surface area contributed by atoms with Gasteiger partial charge in [-0.2, -0.15) is 18.3 Å². The summed E-state index contributed by atoms with van der Waals surface area (Å²) in [6, 6.07) is 5.10. The Morgan fingerprint density at radius 2 is 1.97 bits per heavy atom. The molecule has 2 atom stereocenters. The van der Waals surface area contributed by atoms with Crippen LogP contribution in [0.1, 0.15) is 54.0 Å². The van der Waals surface area contributed by atoms with E-state index in [0.717, 1.165) is 24.1 Å². The molecular formula is C21H23ClF3N5O. The van der Waals surface area contributed by atoms with Gasteiger partial charge < -0.3 is 5.32 Å². The minimum atomic E-state index is -4.38. The Morgan fingerprint density at radius 1 is 1.26 bits per heavy atom. The molecule has 0 saturated carbocycles.